The van der Waals surface area contributed by atoms with E-state index in [9.17, 15) is 18.3 Å². The topological polar surface area (TPSA) is 20.2 Å². The molecular weight excluding hydrogens is 349 g/mol. The molecule has 2 rings (SSSR count). The molecule has 2 aliphatic carbocycles. The Bertz CT molecular complexity index is 404. The van der Waals surface area contributed by atoms with Crippen molar-refractivity contribution in [2.75, 3.05) is 0 Å². The summed E-state index contributed by atoms with van der Waals surface area (Å²) in [4.78, 5) is 0. The van der Waals surface area contributed by atoms with Crippen molar-refractivity contribution in [3.8, 4) is 0 Å². The van der Waals surface area contributed by atoms with Crippen molar-refractivity contribution in [1.82, 2.24) is 0 Å². The van der Waals surface area contributed by atoms with Crippen LogP contribution in [0, 0.1) is 23.2 Å². The van der Waals surface area contributed by atoms with Gasteiger partial charge in [-0.25, -0.2) is 0 Å². The predicted octanol–water partition coefficient (Wildman–Crippen LogP) is 7.66. The van der Waals surface area contributed by atoms with E-state index in [1.54, 1.807) is 0 Å². The fourth-order valence-corrected chi connectivity index (χ4v) is 5.83. The zero-order chi connectivity index (χ0) is 19.9. The number of rotatable bonds is 9. The highest BCUT2D eigenvalue weighted by atomic mass is 19.4. The van der Waals surface area contributed by atoms with Crippen LogP contribution in [0.2, 0.25) is 0 Å². The minimum absolute atomic E-state index is 0.130. The third kappa shape index (κ3) is 5.87. The Morgan fingerprint density at radius 2 is 1.44 bits per heavy atom. The van der Waals surface area contributed by atoms with Crippen molar-refractivity contribution < 1.29 is 18.3 Å². The summed E-state index contributed by atoms with van der Waals surface area (Å²) in [5.74, 6) is 1.90. The van der Waals surface area contributed by atoms with Crippen molar-refractivity contribution in [2.45, 2.75) is 122 Å². The second-order valence-electron chi connectivity index (χ2n) is 9.43. The monoisotopic (exact) mass is 390 g/mol. The third-order valence-electron chi connectivity index (χ3n) is 7.71. The molecule has 0 bridgehead atoms. The van der Waals surface area contributed by atoms with Crippen LogP contribution in [0.1, 0.15) is 110 Å². The Hall–Kier alpha value is -0.250. The quantitative estimate of drug-likeness (QED) is 0.401. The number of alkyl halides is 3. The summed E-state index contributed by atoms with van der Waals surface area (Å²) in [6.07, 6.45) is 7.53. The van der Waals surface area contributed by atoms with E-state index in [-0.39, 0.29) is 12.8 Å². The van der Waals surface area contributed by atoms with Crippen LogP contribution < -0.4 is 0 Å². The first-order valence-corrected chi connectivity index (χ1v) is 11.6. The summed E-state index contributed by atoms with van der Waals surface area (Å²) in [6.45, 7) is 4.32. The molecule has 0 aromatic rings. The number of aliphatic hydroxyl groups is 1. The van der Waals surface area contributed by atoms with Crippen molar-refractivity contribution in [3.63, 3.8) is 0 Å². The molecule has 0 amide bonds. The molecule has 2 saturated carbocycles. The first-order chi connectivity index (χ1) is 12.8. The molecule has 27 heavy (non-hydrogen) atoms. The van der Waals surface area contributed by atoms with Gasteiger partial charge in [0, 0.05) is 0 Å². The van der Waals surface area contributed by atoms with E-state index < -0.39 is 17.7 Å². The molecule has 1 nitrogen and oxygen atoms in total. The predicted molar refractivity (Wildman–Crippen MR) is 106 cm³/mol. The lowest BCUT2D eigenvalue weighted by atomic mass is 9.61. The second kappa shape index (κ2) is 10.5. The number of hydrogen-bond acceptors (Lipinski definition) is 1. The van der Waals surface area contributed by atoms with Crippen LogP contribution in [-0.4, -0.2) is 17.4 Å². The van der Waals surface area contributed by atoms with Gasteiger partial charge in [-0.3, -0.25) is 0 Å². The number of hydrogen-bond donors (Lipinski definition) is 1. The molecule has 1 unspecified atom stereocenters. The summed E-state index contributed by atoms with van der Waals surface area (Å²) in [5.41, 5.74) is -1.85. The maximum Gasteiger partial charge on any atom is 0.396 e. The Labute approximate surface area is 164 Å². The average molecular weight is 391 g/mol. The second-order valence-corrected chi connectivity index (χ2v) is 9.43. The fourth-order valence-electron chi connectivity index (χ4n) is 5.83. The summed E-state index contributed by atoms with van der Waals surface area (Å²) >= 11 is 0. The lowest BCUT2D eigenvalue weighted by molar-refractivity contribution is -0.270. The highest BCUT2D eigenvalue weighted by Crippen LogP contribution is 2.55. The van der Waals surface area contributed by atoms with Gasteiger partial charge in [0.1, 0.15) is 0 Å². The molecule has 1 N–H and O–H groups in total. The minimum Gasteiger partial charge on any atom is -0.392 e. The molecule has 0 saturated heterocycles. The highest BCUT2D eigenvalue weighted by molar-refractivity contribution is 4.97. The van der Waals surface area contributed by atoms with E-state index >= 15 is 0 Å². The van der Waals surface area contributed by atoms with E-state index in [1.165, 1.54) is 38.5 Å². The van der Waals surface area contributed by atoms with E-state index in [0.29, 0.717) is 37.5 Å². The van der Waals surface area contributed by atoms with Gasteiger partial charge in [0.15, 0.2) is 0 Å². The molecule has 0 heterocycles. The van der Waals surface area contributed by atoms with Gasteiger partial charge in [-0.15, -0.1) is 0 Å². The van der Waals surface area contributed by atoms with E-state index in [0.717, 1.165) is 25.2 Å². The Morgan fingerprint density at radius 1 is 0.852 bits per heavy atom. The van der Waals surface area contributed by atoms with Gasteiger partial charge in [-0.1, -0.05) is 65.2 Å². The standard InChI is InChI=1S/C23H41F3O/c1-3-5-6-7-9-21(27)22(23(24,25)26)16-14-20(15-17-22)19-12-10-18(8-4-2)11-13-19/h18-21,27H,3-17H2,1-2H3. The Balaban J connectivity index is 1.89. The largest absolute Gasteiger partial charge is 0.396 e. The van der Waals surface area contributed by atoms with Crippen LogP contribution in [0.3, 0.4) is 0 Å². The number of aliphatic hydroxyl groups excluding tert-OH is 1. The fraction of sp³-hybridized carbons (Fsp3) is 1.00. The maximum atomic E-state index is 14.0. The zero-order valence-electron chi connectivity index (χ0n) is 17.5. The maximum absolute atomic E-state index is 14.0. The van der Waals surface area contributed by atoms with Crippen LogP contribution in [-0.2, 0) is 0 Å². The lowest BCUT2D eigenvalue weighted by Crippen LogP contribution is -2.50. The Morgan fingerprint density at radius 3 is 1.96 bits per heavy atom. The number of unbranched alkanes of at least 4 members (excludes halogenated alkanes) is 3. The van der Waals surface area contributed by atoms with Crippen molar-refractivity contribution >= 4 is 0 Å². The molecule has 2 aliphatic rings. The summed E-state index contributed by atoms with van der Waals surface area (Å²) < 4.78 is 41.9. The van der Waals surface area contributed by atoms with Crippen LogP contribution >= 0.6 is 0 Å². The minimum atomic E-state index is -4.29. The van der Waals surface area contributed by atoms with Crippen molar-refractivity contribution in [2.24, 2.45) is 23.2 Å². The average Bonchev–Trinajstić information content (AvgIpc) is 2.65. The molecule has 0 spiro atoms. The molecule has 2 fully saturated rings. The van der Waals surface area contributed by atoms with Crippen LogP contribution in [0.15, 0.2) is 0 Å². The lowest BCUT2D eigenvalue weighted by Gasteiger charge is -2.46. The van der Waals surface area contributed by atoms with Crippen LogP contribution in [0.5, 0.6) is 0 Å². The third-order valence-corrected chi connectivity index (χ3v) is 7.71. The first-order valence-electron chi connectivity index (χ1n) is 11.6. The van der Waals surface area contributed by atoms with Crippen LogP contribution in [0.25, 0.3) is 0 Å². The molecule has 1 atom stereocenters. The Kier molecular flexibility index (Phi) is 8.96. The van der Waals surface area contributed by atoms with Gasteiger partial charge in [-0.2, -0.15) is 13.2 Å². The summed E-state index contributed by atoms with van der Waals surface area (Å²) in [7, 11) is 0. The first kappa shape index (κ1) is 23.0. The zero-order valence-corrected chi connectivity index (χ0v) is 17.5. The molecule has 0 aliphatic heterocycles. The molecule has 0 aromatic carbocycles. The molecule has 160 valence electrons. The summed E-state index contributed by atoms with van der Waals surface area (Å²) in [6, 6.07) is 0. The van der Waals surface area contributed by atoms with Crippen LogP contribution in [0.4, 0.5) is 13.2 Å². The van der Waals surface area contributed by atoms with Gasteiger partial charge in [0.05, 0.1) is 11.5 Å². The van der Waals surface area contributed by atoms with Crippen molar-refractivity contribution in [3.05, 3.63) is 0 Å². The van der Waals surface area contributed by atoms with Gasteiger partial charge < -0.3 is 5.11 Å². The van der Waals surface area contributed by atoms with Gasteiger partial charge in [-0.05, 0) is 62.7 Å². The van der Waals surface area contributed by atoms with E-state index in [4.69, 9.17) is 0 Å². The molecular formula is C23H41F3O. The van der Waals surface area contributed by atoms with Crippen molar-refractivity contribution in [1.29, 1.82) is 0 Å². The summed E-state index contributed by atoms with van der Waals surface area (Å²) in [5, 5.41) is 10.5. The number of halogens is 3. The molecule has 0 radical (unpaired) electrons. The SMILES string of the molecule is CCCCCCC(O)C1(C(F)(F)F)CCC(C2CCC(CCC)CC2)CC1. The normalized spacial score (nSPS) is 33.8. The van der Waals surface area contributed by atoms with E-state index in [2.05, 4.69) is 13.8 Å². The van der Waals surface area contributed by atoms with Gasteiger partial charge in [0.25, 0.3) is 0 Å². The van der Waals surface area contributed by atoms with E-state index in [1.807, 2.05) is 0 Å². The smallest absolute Gasteiger partial charge is 0.392 e. The van der Waals surface area contributed by atoms with Gasteiger partial charge in [0.2, 0.25) is 0 Å². The molecule has 0 aromatic heterocycles. The molecule has 4 heteroatoms. The highest BCUT2D eigenvalue weighted by Gasteiger charge is 2.59. The van der Waals surface area contributed by atoms with Gasteiger partial charge >= 0.3 is 6.18 Å².